The Balaban J connectivity index is 1.97. The zero-order valence-corrected chi connectivity index (χ0v) is 7.84. The second-order valence-corrected chi connectivity index (χ2v) is 4.50. The molecule has 0 aromatic rings. The normalized spacial score (nSPS) is 36.0. The smallest absolute Gasteiger partial charge is 0.0799 e. The van der Waals surface area contributed by atoms with Crippen LogP contribution in [0.25, 0.3) is 0 Å². The van der Waals surface area contributed by atoms with Gasteiger partial charge in [0.2, 0.25) is 0 Å². The van der Waals surface area contributed by atoms with Crippen molar-refractivity contribution in [1.29, 1.82) is 0 Å². The predicted octanol–water partition coefficient (Wildman–Crippen LogP) is 1.29. The SMILES string of the molecule is C[C@@](O)(C1CCC1)C1CCCN1. The number of nitrogens with one attached hydrogen (secondary N) is 1. The molecular formula is C10H19NO. The van der Waals surface area contributed by atoms with E-state index in [4.69, 9.17) is 0 Å². The van der Waals surface area contributed by atoms with E-state index in [2.05, 4.69) is 5.32 Å². The van der Waals surface area contributed by atoms with Gasteiger partial charge in [0.15, 0.2) is 0 Å². The summed E-state index contributed by atoms with van der Waals surface area (Å²) in [4.78, 5) is 0. The number of aliphatic hydroxyl groups is 1. The van der Waals surface area contributed by atoms with Crippen molar-refractivity contribution >= 4 is 0 Å². The molecular weight excluding hydrogens is 150 g/mol. The molecule has 1 aliphatic heterocycles. The molecule has 0 aromatic carbocycles. The van der Waals surface area contributed by atoms with E-state index in [1.165, 1.54) is 25.7 Å². The van der Waals surface area contributed by atoms with Crippen LogP contribution in [0.15, 0.2) is 0 Å². The van der Waals surface area contributed by atoms with Gasteiger partial charge in [-0.2, -0.15) is 0 Å². The minimum Gasteiger partial charge on any atom is -0.388 e. The van der Waals surface area contributed by atoms with Crippen molar-refractivity contribution in [1.82, 2.24) is 5.32 Å². The first-order valence-corrected chi connectivity index (χ1v) is 5.17. The van der Waals surface area contributed by atoms with Gasteiger partial charge in [-0.1, -0.05) is 6.42 Å². The monoisotopic (exact) mass is 169 g/mol. The molecule has 1 heterocycles. The molecule has 2 heteroatoms. The Kier molecular flexibility index (Phi) is 2.13. The number of hydrogen-bond donors (Lipinski definition) is 2. The maximum atomic E-state index is 10.3. The van der Waals surface area contributed by atoms with Gasteiger partial charge in [0.05, 0.1) is 5.60 Å². The molecule has 0 radical (unpaired) electrons. The lowest BCUT2D eigenvalue weighted by Gasteiger charge is -2.42. The largest absolute Gasteiger partial charge is 0.388 e. The zero-order chi connectivity index (χ0) is 8.60. The standard InChI is InChI=1S/C10H19NO/c1-10(12,8-4-2-5-8)9-6-3-7-11-9/h8-9,11-12H,2-7H2,1H3/t9?,10-/m1/s1. The molecule has 0 aromatic heterocycles. The van der Waals surface area contributed by atoms with Gasteiger partial charge in [-0.15, -0.1) is 0 Å². The van der Waals surface area contributed by atoms with Crippen LogP contribution in [0.3, 0.4) is 0 Å². The van der Waals surface area contributed by atoms with E-state index in [0.29, 0.717) is 12.0 Å². The minimum atomic E-state index is -0.436. The summed E-state index contributed by atoms with van der Waals surface area (Å²) in [5.74, 6) is 0.563. The highest BCUT2D eigenvalue weighted by molar-refractivity contribution is 4.98. The van der Waals surface area contributed by atoms with Crippen molar-refractivity contribution in [3.63, 3.8) is 0 Å². The second-order valence-electron chi connectivity index (χ2n) is 4.50. The average molecular weight is 169 g/mol. The fraction of sp³-hybridized carbons (Fsp3) is 1.00. The lowest BCUT2D eigenvalue weighted by Crippen LogP contribution is -2.52. The first-order chi connectivity index (χ1) is 5.71. The zero-order valence-electron chi connectivity index (χ0n) is 7.84. The highest BCUT2D eigenvalue weighted by Crippen LogP contribution is 2.39. The van der Waals surface area contributed by atoms with Crippen LogP contribution in [-0.4, -0.2) is 23.3 Å². The van der Waals surface area contributed by atoms with Crippen molar-refractivity contribution in [2.75, 3.05) is 6.54 Å². The van der Waals surface area contributed by atoms with Crippen molar-refractivity contribution < 1.29 is 5.11 Å². The molecule has 1 saturated carbocycles. The molecule has 1 unspecified atom stereocenters. The summed E-state index contributed by atoms with van der Waals surface area (Å²) in [6, 6.07) is 0.364. The van der Waals surface area contributed by atoms with Gasteiger partial charge in [-0.25, -0.2) is 0 Å². The van der Waals surface area contributed by atoms with Crippen LogP contribution in [0, 0.1) is 5.92 Å². The molecule has 2 nitrogen and oxygen atoms in total. The van der Waals surface area contributed by atoms with Crippen LogP contribution in [0.4, 0.5) is 0 Å². The molecule has 2 fully saturated rings. The second kappa shape index (κ2) is 3.00. The Morgan fingerprint density at radius 3 is 2.42 bits per heavy atom. The summed E-state index contributed by atoms with van der Waals surface area (Å²) in [6.45, 7) is 3.10. The van der Waals surface area contributed by atoms with Crippen molar-refractivity contribution in [3.8, 4) is 0 Å². The maximum absolute atomic E-state index is 10.3. The summed E-state index contributed by atoms with van der Waals surface area (Å²) in [5.41, 5.74) is -0.436. The molecule has 0 spiro atoms. The van der Waals surface area contributed by atoms with E-state index >= 15 is 0 Å². The molecule has 70 valence electrons. The third-order valence-corrected chi connectivity index (χ3v) is 3.70. The molecule has 0 amide bonds. The first kappa shape index (κ1) is 8.52. The Hall–Kier alpha value is -0.0800. The lowest BCUT2D eigenvalue weighted by atomic mass is 9.70. The fourth-order valence-corrected chi connectivity index (χ4v) is 2.46. The van der Waals surface area contributed by atoms with Crippen molar-refractivity contribution in [2.45, 2.75) is 50.7 Å². The molecule has 2 rings (SSSR count). The summed E-state index contributed by atoms with van der Waals surface area (Å²) in [7, 11) is 0. The molecule has 1 saturated heterocycles. The summed E-state index contributed by atoms with van der Waals surface area (Å²) in [6.07, 6.45) is 6.15. The minimum absolute atomic E-state index is 0.364. The molecule has 0 bridgehead atoms. The van der Waals surface area contributed by atoms with Crippen LogP contribution >= 0.6 is 0 Å². The predicted molar refractivity (Wildman–Crippen MR) is 49.0 cm³/mol. The average Bonchev–Trinajstić information content (AvgIpc) is 2.30. The summed E-state index contributed by atoms with van der Waals surface area (Å²) in [5, 5.41) is 13.7. The van der Waals surface area contributed by atoms with Gasteiger partial charge in [0.1, 0.15) is 0 Å². The van der Waals surface area contributed by atoms with Gasteiger partial charge in [0.25, 0.3) is 0 Å². The van der Waals surface area contributed by atoms with Gasteiger partial charge < -0.3 is 10.4 Å². The first-order valence-electron chi connectivity index (χ1n) is 5.17. The van der Waals surface area contributed by atoms with Crippen molar-refractivity contribution in [3.05, 3.63) is 0 Å². The molecule has 2 aliphatic rings. The van der Waals surface area contributed by atoms with E-state index in [1.54, 1.807) is 0 Å². The highest BCUT2D eigenvalue weighted by atomic mass is 16.3. The van der Waals surface area contributed by atoms with E-state index in [-0.39, 0.29) is 0 Å². The van der Waals surface area contributed by atoms with Gasteiger partial charge in [0, 0.05) is 6.04 Å². The van der Waals surface area contributed by atoms with Crippen LogP contribution in [-0.2, 0) is 0 Å². The van der Waals surface area contributed by atoms with Crippen LogP contribution in [0.2, 0.25) is 0 Å². The van der Waals surface area contributed by atoms with Gasteiger partial charge >= 0.3 is 0 Å². The third kappa shape index (κ3) is 1.27. The van der Waals surface area contributed by atoms with E-state index in [0.717, 1.165) is 13.0 Å². The van der Waals surface area contributed by atoms with E-state index in [9.17, 15) is 5.11 Å². The summed E-state index contributed by atoms with van der Waals surface area (Å²) >= 11 is 0. The molecule has 12 heavy (non-hydrogen) atoms. The van der Waals surface area contributed by atoms with E-state index < -0.39 is 5.60 Å². The molecule has 1 aliphatic carbocycles. The lowest BCUT2D eigenvalue weighted by molar-refractivity contribution is -0.0592. The Morgan fingerprint density at radius 2 is 2.00 bits per heavy atom. The topological polar surface area (TPSA) is 32.3 Å². The Morgan fingerprint density at radius 1 is 1.25 bits per heavy atom. The third-order valence-electron chi connectivity index (χ3n) is 3.70. The number of hydrogen-bond acceptors (Lipinski definition) is 2. The van der Waals surface area contributed by atoms with Crippen molar-refractivity contribution in [2.24, 2.45) is 5.92 Å². The van der Waals surface area contributed by atoms with Crippen LogP contribution in [0.1, 0.15) is 39.0 Å². The quantitative estimate of drug-likeness (QED) is 0.653. The fourth-order valence-electron chi connectivity index (χ4n) is 2.46. The summed E-state index contributed by atoms with van der Waals surface area (Å²) < 4.78 is 0. The Labute approximate surface area is 74.4 Å². The molecule has 2 atom stereocenters. The van der Waals surface area contributed by atoms with E-state index in [1.807, 2.05) is 6.92 Å². The van der Waals surface area contributed by atoms with Gasteiger partial charge in [-0.05, 0) is 45.1 Å². The maximum Gasteiger partial charge on any atom is 0.0799 e. The molecule has 2 N–H and O–H groups in total. The van der Waals surface area contributed by atoms with Crippen LogP contribution < -0.4 is 5.32 Å². The Bertz CT molecular complexity index is 157. The highest BCUT2D eigenvalue weighted by Gasteiger charge is 2.42. The van der Waals surface area contributed by atoms with Gasteiger partial charge in [-0.3, -0.25) is 0 Å². The number of rotatable bonds is 2. The van der Waals surface area contributed by atoms with Crippen LogP contribution in [0.5, 0.6) is 0 Å².